The second kappa shape index (κ2) is 14.5. The van der Waals surface area contributed by atoms with Gasteiger partial charge in [-0.15, -0.1) is 5.10 Å². The highest BCUT2D eigenvalue weighted by molar-refractivity contribution is 5.70. The monoisotopic (exact) mass is 698 g/mol. The number of tetrazole rings is 1. The van der Waals surface area contributed by atoms with Crippen molar-refractivity contribution in [2.75, 3.05) is 4.90 Å². The predicted molar refractivity (Wildman–Crippen MR) is 160 cm³/mol. The fraction of sp³-hybridized carbons (Fsp3) is 0.581. The number of hydrogen-bond donors (Lipinski definition) is 1. The molecule has 1 aliphatic carbocycles. The number of alkyl halides is 6. The van der Waals surface area contributed by atoms with Gasteiger partial charge in [-0.1, -0.05) is 13.8 Å². The lowest BCUT2D eigenvalue weighted by Gasteiger charge is -2.47. The van der Waals surface area contributed by atoms with Crippen LogP contribution in [-0.4, -0.2) is 76.5 Å². The molecule has 49 heavy (non-hydrogen) atoms. The van der Waals surface area contributed by atoms with Crippen LogP contribution in [0.5, 0.6) is 0 Å². The quantitative estimate of drug-likeness (QED) is 0.254. The van der Waals surface area contributed by atoms with E-state index in [4.69, 9.17) is 4.74 Å². The van der Waals surface area contributed by atoms with Crippen LogP contribution in [0, 0.1) is 5.92 Å². The van der Waals surface area contributed by atoms with Crippen molar-refractivity contribution >= 4 is 18.0 Å². The van der Waals surface area contributed by atoms with E-state index in [-0.39, 0.29) is 36.2 Å². The number of aromatic nitrogens is 6. The van der Waals surface area contributed by atoms with E-state index >= 15 is 0 Å². The summed E-state index contributed by atoms with van der Waals surface area (Å²) in [4.78, 5) is 37.0. The van der Waals surface area contributed by atoms with Crippen LogP contribution in [0.3, 0.4) is 0 Å². The maximum atomic E-state index is 13.8. The first kappa shape index (κ1) is 35.8. The van der Waals surface area contributed by atoms with Gasteiger partial charge in [-0.2, -0.15) is 31.0 Å². The minimum atomic E-state index is -5.02. The molecule has 1 N–H and O–H groups in total. The lowest BCUT2D eigenvalue weighted by atomic mass is 9.87. The molecule has 5 rings (SSSR count). The molecule has 3 atom stereocenters. The maximum Gasteiger partial charge on any atom is 0.416 e. The van der Waals surface area contributed by atoms with E-state index in [2.05, 4.69) is 25.5 Å². The van der Waals surface area contributed by atoms with Gasteiger partial charge in [0.1, 0.15) is 18.1 Å². The fourth-order valence-corrected chi connectivity index (χ4v) is 6.69. The summed E-state index contributed by atoms with van der Waals surface area (Å²) in [5, 5.41) is 20.2. The number of carboxylic acid groups (broad SMARTS) is 1. The smallest absolute Gasteiger partial charge is 0.416 e. The zero-order valence-electron chi connectivity index (χ0n) is 26.7. The molecule has 2 aromatic heterocycles. The van der Waals surface area contributed by atoms with Gasteiger partial charge in [-0.3, -0.25) is 4.79 Å². The van der Waals surface area contributed by atoms with Gasteiger partial charge in [-0.05, 0) is 85.6 Å². The van der Waals surface area contributed by atoms with Crippen LogP contribution in [0.2, 0.25) is 0 Å². The number of anilines is 1. The van der Waals surface area contributed by atoms with E-state index in [0.717, 1.165) is 0 Å². The number of likely N-dealkylation sites (tertiary alicyclic amines) is 1. The van der Waals surface area contributed by atoms with Crippen molar-refractivity contribution in [3.05, 3.63) is 53.6 Å². The molecule has 3 aromatic rings. The Bertz CT molecular complexity index is 1530. The summed E-state index contributed by atoms with van der Waals surface area (Å²) in [7, 11) is 0. The number of carbonyl (C=O) groups excluding carboxylic acids is 1. The molecule has 1 unspecified atom stereocenters. The maximum absolute atomic E-state index is 13.8. The Labute approximate surface area is 277 Å². The number of rotatable bonds is 9. The van der Waals surface area contributed by atoms with E-state index in [0.29, 0.717) is 69.2 Å². The van der Waals surface area contributed by atoms with Crippen LogP contribution in [0.1, 0.15) is 81.9 Å². The van der Waals surface area contributed by atoms with E-state index < -0.39 is 53.6 Å². The molecule has 1 saturated heterocycles. The van der Waals surface area contributed by atoms with Gasteiger partial charge in [0.05, 0.1) is 29.4 Å². The average molecular weight is 699 g/mol. The van der Waals surface area contributed by atoms with Gasteiger partial charge in [0.25, 0.3) is 0 Å². The van der Waals surface area contributed by atoms with Crippen molar-refractivity contribution in [2.24, 2.45) is 5.92 Å². The average Bonchev–Trinajstić information content (AvgIpc) is 3.61. The lowest BCUT2D eigenvalue weighted by Crippen LogP contribution is -2.57. The second-order valence-corrected chi connectivity index (χ2v) is 12.4. The van der Waals surface area contributed by atoms with Gasteiger partial charge in [0.2, 0.25) is 5.95 Å². The van der Waals surface area contributed by atoms with Crippen LogP contribution in [-0.2, 0) is 28.4 Å². The van der Waals surface area contributed by atoms with E-state index in [1.807, 2.05) is 13.8 Å². The third-order valence-electron chi connectivity index (χ3n) is 9.26. The zero-order chi connectivity index (χ0) is 35.5. The van der Waals surface area contributed by atoms with Crippen molar-refractivity contribution in [1.29, 1.82) is 0 Å². The highest BCUT2D eigenvalue weighted by atomic mass is 19.4. The highest BCUT2D eigenvalue weighted by Gasteiger charge is 2.42. The summed E-state index contributed by atoms with van der Waals surface area (Å²) in [6, 6.07) is 0.204. The number of ether oxygens (including phenoxy) is 1. The molecular weight excluding hydrogens is 662 g/mol. The Kier molecular flexibility index (Phi) is 10.6. The molecule has 0 bridgehead atoms. The third-order valence-corrected chi connectivity index (χ3v) is 9.26. The summed E-state index contributed by atoms with van der Waals surface area (Å²) in [6.45, 7) is 3.37. The second-order valence-electron chi connectivity index (χ2n) is 12.4. The number of halogens is 6. The molecule has 266 valence electrons. The third kappa shape index (κ3) is 8.39. The number of nitrogens with zero attached hydrogens (tertiary/aromatic N) is 8. The molecule has 3 heterocycles. The summed E-state index contributed by atoms with van der Waals surface area (Å²) in [5.74, 6) is -1.29. The number of hydrogen-bond acceptors (Lipinski definition) is 9. The van der Waals surface area contributed by atoms with Crippen molar-refractivity contribution in [1.82, 2.24) is 35.1 Å². The Balaban J connectivity index is 1.45. The molecule has 0 radical (unpaired) electrons. The van der Waals surface area contributed by atoms with Crippen molar-refractivity contribution in [2.45, 2.75) is 108 Å². The lowest BCUT2D eigenvalue weighted by molar-refractivity contribution is -0.144. The van der Waals surface area contributed by atoms with Gasteiger partial charge in [0, 0.05) is 24.7 Å². The van der Waals surface area contributed by atoms with Gasteiger partial charge in [0.15, 0.2) is 0 Å². The molecule has 1 amide bonds. The minimum Gasteiger partial charge on any atom is -0.481 e. The van der Waals surface area contributed by atoms with E-state index in [1.165, 1.54) is 23.4 Å². The molecule has 18 heteroatoms. The number of carbonyl (C=O) groups is 2. The summed E-state index contributed by atoms with van der Waals surface area (Å²) >= 11 is 0. The number of carboxylic acids is 1. The number of amides is 1. The van der Waals surface area contributed by atoms with E-state index in [9.17, 15) is 41.0 Å². The SMILES string of the molecule is CC[C@@H]1CC(N(Cc2cc(C(F)(F)F)cc(C(F)(F)F)c2)c2ncc(-n3cnnn3)cn2)C[C@H](CC)N1C(=O)O[C@H]1CC[C@H](C(=O)O)CC1. The number of aliphatic carboxylic acids is 1. The van der Waals surface area contributed by atoms with Gasteiger partial charge >= 0.3 is 24.4 Å². The largest absolute Gasteiger partial charge is 0.481 e. The van der Waals surface area contributed by atoms with Crippen molar-refractivity contribution in [3.8, 4) is 5.69 Å². The molecule has 2 aliphatic rings. The van der Waals surface area contributed by atoms with Crippen LogP contribution in [0.25, 0.3) is 5.69 Å². The highest BCUT2D eigenvalue weighted by Crippen LogP contribution is 2.38. The van der Waals surface area contributed by atoms with Crippen LogP contribution < -0.4 is 4.90 Å². The fourth-order valence-electron chi connectivity index (χ4n) is 6.69. The Morgan fingerprint density at radius 1 is 0.918 bits per heavy atom. The van der Waals surface area contributed by atoms with Crippen LogP contribution in [0.15, 0.2) is 36.9 Å². The molecule has 12 nitrogen and oxygen atoms in total. The first-order chi connectivity index (χ1) is 23.2. The molecule has 1 saturated carbocycles. The molecule has 1 aromatic carbocycles. The Hall–Kier alpha value is -4.51. The summed E-state index contributed by atoms with van der Waals surface area (Å²) < 4.78 is 89.7. The Morgan fingerprint density at radius 3 is 1.96 bits per heavy atom. The summed E-state index contributed by atoms with van der Waals surface area (Å²) in [5.41, 5.74) is -2.73. The molecule has 1 aliphatic heterocycles. The van der Waals surface area contributed by atoms with Gasteiger partial charge in [-0.25, -0.2) is 14.8 Å². The standard InChI is InChI=1S/C31H36F6N8O4/c1-3-22-12-24(13-23(4-2)45(22)29(48)49-26-7-5-19(6-8-26)27(46)47)43(28-38-14-25(15-39-28)44-17-40-41-42-44)16-18-9-20(30(32,33)34)11-21(10-18)31(35,36)37/h9-11,14-15,17,19,22-24,26H,3-8,12-13,16H2,1-2H3,(H,46,47)/t19-,22-,23+,24?,26-. The van der Waals surface area contributed by atoms with E-state index in [1.54, 1.807) is 9.80 Å². The molecule has 2 fully saturated rings. The number of piperidine rings is 1. The zero-order valence-corrected chi connectivity index (χ0v) is 26.7. The first-order valence-electron chi connectivity index (χ1n) is 16.0. The minimum absolute atomic E-state index is 0.0590. The molecular formula is C31H36F6N8O4. The predicted octanol–water partition coefficient (Wildman–Crippen LogP) is 6.30. The summed E-state index contributed by atoms with van der Waals surface area (Å²) in [6.07, 6.45) is -3.69. The molecule has 0 spiro atoms. The van der Waals surface area contributed by atoms with Gasteiger partial charge < -0.3 is 19.6 Å². The van der Waals surface area contributed by atoms with Crippen LogP contribution in [0.4, 0.5) is 37.1 Å². The number of benzene rings is 1. The first-order valence-corrected chi connectivity index (χ1v) is 16.0. The Morgan fingerprint density at radius 2 is 1.49 bits per heavy atom. The topological polar surface area (TPSA) is 139 Å². The normalized spacial score (nSPS) is 23.3. The van der Waals surface area contributed by atoms with Crippen molar-refractivity contribution < 1.29 is 45.8 Å². The van der Waals surface area contributed by atoms with Crippen LogP contribution >= 0.6 is 0 Å². The van der Waals surface area contributed by atoms with Crippen molar-refractivity contribution in [3.63, 3.8) is 0 Å².